The van der Waals surface area contributed by atoms with Crippen LogP contribution in [-0.4, -0.2) is 53.6 Å². The van der Waals surface area contributed by atoms with E-state index in [0.29, 0.717) is 38.9 Å². The first-order valence-electron chi connectivity index (χ1n) is 7.24. The maximum Gasteiger partial charge on any atom is 0.242 e. The van der Waals surface area contributed by atoms with Gasteiger partial charge in [-0.1, -0.05) is 12.8 Å². The summed E-state index contributed by atoms with van der Waals surface area (Å²) in [6, 6.07) is 0. The van der Waals surface area contributed by atoms with Crippen LogP contribution in [0, 0.1) is 0 Å². The predicted molar refractivity (Wildman–Crippen MR) is 70.5 cm³/mol. The number of rotatable bonds is 2. The maximum absolute atomic E-state index is 12.1. The van der Waals surface area contributed by atoms with Gasteiger partial charge < -0.3 is 9.80 Å². The topological polar surface area (TPSA) is 57.7 Å². The van der Waals surface area contributed by atoms with E-state index in [0.717, 1.165) is 25.7 Å². The van der Waals surface area contributed by atoms with Crippen LogP contribution in [0.1, 0.15) is 44.9 Å². The van der Waals surface area contributed by atoms with Gasteiger partial charge in [-0.05, 0) is 12.8 Å². The van der Waals surface area contributed by atoms with Crippen LogP contribution >= 0.6 is 0 Å². The number of nitrogens with zero attached hydrogens (tertiary/aromatic N) is 2. The van der Waals surface area contributed by atoms with E-state index >= 15 is 0 Å². The van der Waals surface area contributed by atoms with E-state index in [-0.39, 0.29) is 24.1 Å². The molecule has 0 atom stereocenters. The molecule has 2 heterocycles. The highest BCUT2D eigenvalue weighted by atomic mass is 16.2. The highest BCUT2D eigenvalue weighted by Gasteiger charge is 2.24. The van der Waals surface area contributed by atoms with Crippen LogP contribution in [0.15, 0.2) is 0 Å². The Balaban J connectivity index is 1.85. The van der Waals surface area contributed by atoms with Gasteiger partial charge in [0.1, 0.15) is 5.78 Å². The van der Waals surface area contributed by atoms with E-state index in [1.165, 1.54) is 0 Å². The number of hydrogen-bond donors (Lipinski definition) is 0. The number of hydrogen-bond acceptors (Lipinski definition) is 3. The second-order valence-corrected chi connectivity index (χ2v) is 5.40. The molecule has 5 heteroatoms. The van der Waals surface area contributed by atoms with Crippen molar-refractivity contribution in [2.24, 2.45) is 0 Å². The van der Waals surface area contributed by atoms with E-state index in [1.54, 1.807) is 9.80 Å². The van der Waals surface area contributed by atoms with Crippen molar-refractivity contribution in [2.45, 2.75) is 44.9 Å². The summed E-state index contributed by atoms with van der Waals surface area (Å²) in [7, 11) is 0. The molecule has 2 fully saturated rings. The highest BCUT2D eigenvalue weighted by molar-refractivity contribution is 5.87. The smallest absolute Gasteiger partial charge is 0.242 e. The zero-order chi connectivity index (χ0) is 13.7. The van der Waals surface area contributed by atoms with E-state index in [2.05, 4.69) is 0 Å². The third-order valence-electron chi connectivity index (χ3n) is 3.92. The van der Waals surface area contributed by atoms with Crippen molar-refractivity contribution >= 4 is 17.6 Å². The molecular weight excluding hydrogens is 244 g/mol. The van der Waals surface area contributed by atoms with Gasteiger partial charge in [-0.3, -0.25) is 14.4 Å². The Labute approximate surface area is 113 Å². The molecule has 19 heavy (non-hydrogen) atoms. The Morgan fingerprint density at radius 3 is 2.32 bits per heavy atom. The lowest BCUT2D eigenvalue weighted by atomic mass is 10.1. The SMILES string of the molecule is O=C1CCN(C(=O)CN2CCCCCCC2=O)CC1. The molecule has 2 rings (SSSR count). The third kappa shape index (κ3) is 4.04. The first-order chi connectivity index (χ1) is 9.16. The van der Waals surface area contributed by atoms with Gasteiger partial charge in [0, 0.05) is 38.9 Å². The Hall–Kier alpha value is -1.39. The third-order valence-corrected chi connectivity index (χ3v) is 3.92. The summed E-state index contributed by atoms with van der Waals surface area (Å²) in [5.41, 5.74) is 0. The summed E-state index contributed by atoms with van der Waals surface area (Å²) in [5, 5.41) is 0. The van der Waals surface area contributed by atoms with Crippen molar-refractivity contribution in [3.63, 3.8) is 0 Å². The molecule has 0 bridgehead atoms. The average Bonchev–Trinajstić information content (AvgIpc) is 2.39. The number of carbonyl (C=O) groups excluding carboxylic acids is 3. The lowest BCUT2D eigenvalue weighted by Gasteiger charge is -2.30. The van der Waals surface area contributed by atoms with Crippen LogP contribution in [0.25, 0.3) is 0 Å². The van der Waals surface area contributed by atoms with E-state index < -0.39 is 0 Å². The quantitative estimate of drug-likeness (QED) is 0.748. The molecule has 2 aliphatic rings. The molecule has 0 radical (unpaired) electrons. The fraction of sp³-hybridized carbons (Fsp3) is 0.786. The molecule has 0 saturated carbocycles. The van der Waals surface area contributed by atoms with Crippen molar-refractivity contribution in [1.29, 1.82) is 0 Å². The number of likely N-dealkylation sites (tertiary alicyclic amines) is 2. The molecule has 0 aliphatic carbocycles. The van der Waals surface area contributed by atoms with E-state index in [9.17, 15) is 14.4 Å². The Bertz CT molecular complexity index is 358. The van der Waals surface area contributed by atoms with Gasteiger partial charge in [0.05, 0.1) is 6.54 Å². The normalized spacial score (nSPS) is 22.1. The van der Waals surface area contributed by atoms with Crippen molar-refractivity contribution in [3.8, 4) is 0 Å². The molecule has 0 unspecified atom stereocenters. The number of carbonyl (C=O) groups is 3. The van der Waals surface area contributed by atoms with E-state index in [1.807, 2.05) is 0 Å². The van der Waals surface area contributed by atoms with Crippen molar-refractivity contribution < 1.29 is 14.4 Å². The second kappa shape index (κ2) is 6.68. The Morgan fingerprint density at radius 1 is 0.895 bits per heavy atom. The lowest BCUT2D eigenvalue weighted by molar-refractivity contribution is -0.142. The number of piperidine rings is 1. The van der Waals surface area contributed by atoms with Crippen molar-refractivity contribution in [2.75, 3.05) is 26.2 Å². The lowest BCUT2D eigenvalue weighted by Crippen LogP contribution is -2.46. The molecule has 5 nitrogen and oxygen atoms in total. The predicted octanol–water partition coefficient (Wildman–Crippen LogP) is 0.971. The number of Topliss-reactive ketones (excluding diaryl/α,β-unsaturated/α-hetero) is 1. The average molecular weight is 266 g/mol. The summed E-state index contributed by atoms with van der Waals surface area (Å²) >= 11 is 0. The minimum atomic E-state index is -0.0126. The summed E-state index contributed by atoms with van der Waals surface area (Å²) < 4.78 is 0. The molecule has 0 aromatic rings. The maximum atomic E-state index is 12.1. The monoisotopic (exact) mass is 266 g/mol. The molecule has 0 aromatic heterocycles. The summed E-state index contributed by atoms with van der Waals surface area (Å²) in [6.07, 6.45) is 5.64. The van der Waals surface area contributed by atoms with Crippen LogP contribution < -0.4 is 0 Å². The summed E-state index contributed by atoms with van der Waals surface area (Å²) in [4.78, 5) is 38.6. The molecule has 2 saturated heterocycles. The molecular formula is C14H22N2O3. The van der Waals surface area contributed by atoms with Gasteiger partial charge in [-0.2, -0.15) is 0 Å². The highest BCUT2D eigenvalue weighted by Crippen LogP contribution is 2.13. The van der Waals surface area contributed by atoms with Crippen molar-refractivity contribution in [1.82, 2.24) is 9.80 Å². The van der Waals surface area contributed by atoms with Crippen LogP contribution in [0.2, 0.25) is 0 Å². The minimum absolute atomic E-state index is 0.0126. The fourth-order valence-electron chi connectivity index (χ4n) is 2.65. The molecule has 0 spiro atoms. The van der Waals surface area contributed by atoms with Gasteiger partial charge in [0.2, 0.25) is 11.8 Å². The van der Waals surface area contributed by atoms with Gasteiger partial charge in [0.25, 0.3) is 0 Å². The Morgan fingerprint density at radius 2 is 1.58 bits per heavy atom. The number of amides is 2. The summed E-state index contributed by atoms with van der Waals surface area (Å²) in [6.45, 7) is 1.91. The van der Waals surface area contributed by atoms with Crippen molar-refractivity contribution in [3.05, 3.63) is 0 Å². The van der Waals surface area contributed by atoms with E-state index in [4.69, 9.17) is 0 Å². The second-order valence-electron chi connectivity index (χ2n) is 5.40. The standard InChI is InChI=1S/C14H22N2O3/c17-12-6-9-15(10-7-12)14(19)11-16-8-4-2-1-3-5-13(16)18/h1-11H2. The molecule has 2 amide bonds. The zero-order valence-corrected chi connectivity index (χ0v) is 11.4. The van der Waals surface area contributed by atoms with Crippen LogP contribution in [0.3, 0.4) is 0 Å². The molecule has 0 aromatic carbocycles. The molecule has 2 aliphatic heterocycles. The number of ketones is 1. The Kier molecular flexibility index (Phi) is 4.93. The largest absolute Gasteiger partial charge is 0.340 e. The summed E-state index contributed by atoms with van der Waals surface area (Å²) in [5.74, 6) is 0.314. The fourth-order valence-corrected chi connectivity index (χ4v) is 2.65. The van der Waals surface area contributed by atoms with Crippen LogP contribution in [0.5, 0.6) is 0 Å². The first-order valence-corrected chi connectivity index (χ1v) is 7.24. The van der Waals surface area contributed by atoms with Gasteiger partial charge in [0.15, 0.2) is 0 Å². The van der Waals surface area contributed by atoms with Gasteiger partial charge >= 0.3 is 0 Å². The molecule has 106 valence electrons. The molecule has 0 N–H and O–H groups in total. The van der Waals surface area contributed by atoms with Crippen LogP contribution in [0.4, 0.5) is 0 Å². The zero-order valence-electron chi connectivity index (χ0n) is 11.4. The minimum Gasteiger partial charge on any atom is -0.340 e. The van der Waals surface area contributed by atoms with Gasteiger partial charge in [-0.25, -0.2) is 0 Å². The van der Waals surface area contributed by atoms with Gasteiger partial charge in [-0.15, -0.1) is 0 Å². The van der Waals surface area contributed by atoms with Crippen LogP contribution in [-0.2, 0) is 14.4 Å². The first kappa shape index (κ1) is 14.0.